The average Bonchev–Trinajstić information content (AvgIpc) is 2.24. The summed E-state index contributed by atoms with van der Waals surface area (Å²) in [5.41, 5.74) is -4.83. The number of halogens is 6. The summed E-state index contributed by atoms with van der Waals surface area (Å²) in [6.45, 7) is 0. The molecule has 0 unspecified atom stereocenters. The van der Waals surface area contributed by atoms with Crippen LogP contribution in [0.4, 0.5) is 26.3 Å². The van der Waals surface area contributed by atoms with Crippen molar-refractivity contribution in [3.63, 3.8) is 0 Å². The normalized spacial score (nSPS) is 12.4. The Bertz CT molecular complexity index is 465. The smallest absolute Gasteiger partial charge is 0.433 e. The van der Waals surface area contributed by atoms with Gasteiger partial charge < -0.3 is 4.74 Å². The fraction of sp³-hybridized carbons (Fsp3) is 0.333. The molecule has 0 aliphatic rings. The van der Waals surface area contributed by atoms with Crippen LogP contribution < -0.4 is 0 Å². The molecule has 9 heteroatoms. The highest BCUT2D eigenvalue weighted by atomic mass is 19.4. The van der Waals surface area contributed by atoms with Gasteiger partial charge in [0.25, 0.3) is 0 Å². The van der Waals surface area contributed by atoms with Crippen molar-refractivity contribution >= 4 is 5.97 Å². The molecule has 0 spiro atoms. The highest BCUT2D eigenvalue weighted by Crippen LogP contribution is 2.39. The summed E-state index contributed by atoms with van der Waals surface area (Å²) in [6.07, 6.45) is -10.2. The Morgan fingerprint density at radius 3 is 2.11 bits per heavy atom. The Labute approximate surface area is 96.4 Å². The standard InChI is InChI=1S/C9H5F6NO2/c1-18-7(17)4-2-5(8(10,11)12)6(16-3-4)9(13,14)15/h2-3H,1H3. The molecule has 0 amide bonds. The van der Waals surface area contributed by atoms with E-state index in [0.717, 1.165) is 7.11 Å². The van der Waals surface area contributed by atoms with Crippen LogP contribution in [0.15, 0.2) is 12.3 Å². The number of carbonyl (C=O) groups is 1. The van der Waals surface area contributed by atoms with Gasteiger partial charge in [0.2, 0.25) is 0 Å². The van der Waals surface area contributed by atoms with E-state index in [2.05, 4.69) is 9.72 Å². The predicted molar refractivity (Wildman–Crippen MR) is 45.6 cm³/mol. The molecule has 18 heavy (non-hydrogen) atoms. The summed E-state index contributed by atoms with van der Waals surface area (Å²) in [5, 5.41) is 0. The van der Waals surface area contributed by atoms with E-state index in [1.807, 2.05) is 0 Å². The summed E-state index contributed by atoms with van der Waals surface area (Å²) in [7, 11) is 0.882. The van der Waals surface area contributed by atoms with Gasteiger partial charge in [-0.1, -0.05) is 0 Å². The second-order valence-electron chi connectivity index (χ2n) is 3.11. The first-order chi connectivity index (χ1) is 8.07. The number of rotatable bonds is 1. The lowest BCUT2D eigenvalue weighted by Crippen LogP contribution is -2.20. The third-order valence-electron chi connectivity index (χ3n) is 1.88. The minimum Gasteiger partial charge on any atom is -0.465 e. The number of methoxy groups -OCH3 is 1. The van der Waals surface area contributed by atoms with Gasteiger partial charge in [0.1, 0.15) is 0 Å². The number of esters is 1. The molecule has 0 fully saturated rings. The molecule has 0 radical (unpaired) electrons. The van der Waals surface area contributed by atoms with Crippen LogP contribution in [0.3, 0.4) is 0 Å². The van der Waals surface area contributed by atoms with E-state index in [9.17, 15) is 31.1 Å². The third-order valence-corrected chi connectivity index (χ3v) is 1.88. The van der Waals surface area contributed by atoms with E-state index in [-0.39, 0.29) is 6.07 Å². The lowest BCUT2D eigenvalue weighted by atomic mass is 10.1. The molecule has 1 rings (SSSR count). The van der Waals surface area contributed by atoms with E-state index in [1.165, 1.54) is 0 Å². The van der Waals surface area contributed by atoms with Gasteiger partial charge in [-0.2, -0.15) is 26.3 Å². The van der Waals surface area contributed by atoms with E-state index >= 15 is 0 Å². The summed E-state index contributed by atoms with van der Waals surface area (Å²) >= 11 is 0. The van der Waals surface area contributed by atoms with E-state index in [1.54, 1.807) is 0 Å². The molecule has 0 aliphatic heterocycles. The van der Waals surface area contributed by atoms with Crippen LogP contribution in [0.25, 0.3) is 0 Å². The van der Waals surface area contributed by atoms with Gasteiger partial charge >= 0.3 is 18.3 Å². The number of pyridine rings is 1. The molecule has 100 valence electrons. The quantitative estimate of drug-likeness (QED) is 0.583. The lowest BCUT2D eigenvalue weighted by molar-refractivity contribution is -0.164. The van der Waals surface area contributed by atoms with Gasteiger partial charge in [-0.3, -0.25) is 4.98 Å². The van der Waals surface area contributed by atoms with Crippen LogP contribution in [0.5, 0.6) is 0 Å². The third kappa shape index (κ3) is 2.90. The summed E-state index contributed by atoms with van der Waals surface area (Å²) in [6, 6.07) is 0.0572. The van der Waals surface area contributed by atoms with Gasteiger partial charge in [-0.25, -0.2) is 4.79 Å². The molecule has 1 aromatic heterocycles. The van der Waals surface area contributed by atoms with Crippen LogP contribution in [0, 0.1) is 0 Å². The van der Waals surface area contributed by atoms with Crippen molar-refractivity contribution in [2.45, 2.75) is 12.4 Å². The largest absolute Gasteiger partial charge is 0.465 e. The first-order valence-electron chi connectivity index (χ1n) is 4.30. The zero-order valence-electron chi connectivity index (χ0n) is 8.69. The molecule has 0 N–H and O–H groups in total. The molecule has 0 bridgehead atoms. The number of hydrogen-bond acceptors (Lipinski definition) is 3. The Hall–Kier alpha value is -1.80. The van der Waals surface area contributed by atoms with Crippen molar-refractivity contribution in [1.82, 2.24) is 4.98 Å². The van der Waals surface area contributed by atoms with Crippen LogP contribution in [0.1, 0.15) is 21.6 Å². The summed E-state index contributed by atoms with van der Waals surface area (Å²) < 4.78 is 78.3. The van der Waals surface area contributed by atoms with Gasteiger partial charge in [0, 0.05) is 6.20 Å². The first-order valence-corrected chi connectivity index (χ1v) is 4.30. The number of hydrogen-bond donors (Lipinski definition) is 0. The van der Waals surface area contributed by atoms with Crippen molar-refractivity contribution in [1.29, 1.82) is 0 Å². The van der Waals surface area contributed by atoms with Crippen LogP contribution >= 0.6 is 0 Å². The molecular weight excluding hydrogens is 268 g/mol. The van der Waals surface area contributed by atoms with Gasteiger partial charge in [-0.15, -0.1) is 0 Å². The Morgan fingerprint density at radius 2 is 1.72 bits per heavy atom. The molecule has 0 atom stereocenters. The molecule has 0 saturated heterocycles. The Balaban J connectivity index is 3.45. The molecule has 1 heterocycles. The fourth-order valence-corrected chi connectivity index (χ4v) is 1.14. The van der Waals surface area contributed by atoms with Crippen LogP contribution in [-0.2, 0) is 17.1 Å². The summed E-state index contributed by atoms with van der Waals surface area (Å²) in [4.78, 5) is 13.6. The fourth-order valence-electron chi connectivity index (χ4n) is 1.14. The number of nitrogens with zero attached hydrogens (tertiary/aromatic N) is 1. The van der Waals surface area contributed by atoms with E-state index < -0.39 is 35.1 Å². The van der Waals surface area contributed by atoms with Crippen molar-refractivity contribution in [3.8, 4) is 0 Å². The maximum Gasteiger partial charge on any atom is 0.433 e. The Morgan fingerprint density at radius 1 is 1.17 bits per heavy atom. The second-order valence-corrected chi connectivity index (χ2v) is 3.11. The van der Waals surface area contributed by atoms with Crippen molar-refractivity contribution in [2.75, 3.05) is 7.11 Å². The van der Waals surface area contributed by atoms with Gasteiger partial charge in [0.15, 0.2) is 5.69 Å². The topological polar surface area (TPSA) is 39.2 Å². The molecule has 0 aliphatic carbocycles. The molecular formula is C9H5F6NO2. The molecule has 3 nitrogen and oxygen atoms in total. The number of carbonyl (C=O) groups excluding carboxylic acids is 1. The zero-order valence-corrected chi connectivity index (χ0v) is 8.69. The molecule has 0 saturated carbocycles. The minimum absolute atomic E-state index is 0.0572. The monoisotopic (exact) mass is 273 g/mol. The zero-order chi connectivity index (χ0) is 14.1. The average molecular weight is 273 g/mol. The minimum atomic E-state index is -5.28. The number of aromatic nitrogens is 1. The van der Waals surface area contributed by atoms with Crippen molar-refractivity contribution < 1.29 is 35.9 Å². The van der Waals surface area contributed by atoms with Gasteiger partial charge in [0.05, 0.1) is 18.2 Å². The van der Waals surface area contributed by atoms with Crippen LogP contribution in [0.2, 0.25) is 0 Å². The maximum atomic E-state index is 12.4. The second kappa shape index (κ2) is 4.46. The van der Waals surface area contributed by atoms with Crippen molar-refractivity contribution in [2.24, 2.45) is 0 Å². The number of alkyl halides is 6. The van der Waals surface area contributed by atoms with Crippen molar-refractivity contribution in [3.05, 3.63) is 29.1 Å². The van der Waals surface area contributed by atoms with Gasteiger partial charge in [-0.05, 0) is 6.07 Å². The Kier molecular flexibility index (Phi) is 3.54. The summed E-state index contributed by atoms with van der Waals surface area (Å²) in [5.74, 6) is -1.21. The SMILES string of the molecule is COC(=O)c1cnc(C(F)(F)F)c(C(F)(F)F)c1. The highest BCUT2D eigenvalue weighted by molar-refractivity contribution is 5.89. The van der Waals surface area contributed by atoms with Crippen LogP contribution in [-0.4, -0.2) is 18.1 Å². The maximum absolute atomic E-state index is 12.4. The number of ether oxygens (including phenoxy) is 1. The van der Waals surface area contributed by atoms with E-state index in [4.69, 9.17) is 0 Å². The lowest BCUT2D eigenvalue weighted by Gasteiger charge is -2.14. The first kappa shape index (κ1) is 14.3. The predicted octanol–water partition coefficient (Wildman–Crippen LogP) is 2.91. The van der Waals surface area contributed by atoms with E-state index in [0.29, 0.717) is 6.20 Å². The molecule has 1 aromatic rings. The highest BCUT2D eigenvalue weighted by Gasteiger charge is 2.45. The molecule has 0 aromatic carbocycles.